The van der Waals surface area contributed by atoms with Crippen molar-refractivity contribution in [2.24, 2.45) is 17.8 Å². The molecule has 3 nitrogen and oxygen atoms in total. The minimum absolute atomic E-state index is 0.0790. The van der Waals surface area contributed by atoms with Crippen molar-refractivity contribution in [3.8, 4) is 0 Å². The Morgan fingerprint density at radius 1 is 0.857 bits per heavy atom. The molecule has 3 unspecified atom stereocenters. The smallest absolute Gasteiger partial charge is 0.314 e. The van der Waals surface area contributed by atoms with E-state index in [4.69, 9.17) is 0 Å². The second-order valence-electron chi connectivity index (χ2n) is 6.56. The van der Waals surface area contributed by atoms with Gasteiger partial charge >= 0.3 is 5.97 Å². The maximum absolute atomic E-state index is 12.0. The largest absolute Gasteiger partial charge is 0.481 e. The minimum Gasteiger partial charge on any atom is -0.481 e. The van der Waals surface area contributed by atoms with Gasteiger partial charge < -0.3 is 5.11 Å². The van der Waals surface area contributed by atoms with Crippen LogP contribution in [0.2, 0.25) is 0 Å². The zero-order chi connectivity index (χ0) is 16.3. The molecular weight excluding hydrogens is 264 g/mol. The van der Waals surface area contributed by atoms with E-state index in [0.29, 0.717) is 18.8 Å². The quantitative estimate of drug-likeness (QED) is 0.381. The van der Waals surface area contributed by atoms with Crippen LogP contribution >= 0.6 is 0 Å². The van der Waals surface area contributed by atoms with Gasteiger partial charge in [0.15, 0.2) is 0 Å². The predicted octanol–water partition coefficient (Wildman–Crippen LogP) is 5.08. The van der Waals surface area contributed by atoms with Crippen LogP contribution in [0.3, 0.4) is 0 Å². The standard InChI is InChI=1S/C18H34O3/c1-5-14(3)10-8-7-9-11-16(18(20)21)17(19)13-12-15(4)6-2/h14-16H,5-13H2,1-4H3,(H,20,21). The van der Waals surface area contributed by atoms with Crippen molar-refractivity contribution in [3.05, 3.63) is 0 Å². The van der Waals surface area contributed by atoms with Crippen molar-refractivity contribution >= 4 is 11.8 Å². The van der Waals surface area contributed by atoms with Crippen LogP contribution in [0.5, 0.6) is 0 Å². The zero-order valence-electron chi connectivity index (χ0n) is 14.4. The molecule has 3 atom stereocenters. The molecule has 0 bridgehead atoms. The summed E-state index contributed by atoms with van der Waals surface area (Å²) < 4.78 is 0. The molecule has 0 amide bonds. The van der Waals surface area contributed by atoms with Crippen LogP contribution in [-0.4, -0.2) is 16.9 Å². The van der Waals surface area contributed by atoms with Crippen LogP contribution in [0.25, 0.3) is 0 Å². The number of carboxylic acids is 1. The maximum atomic E-state index is 12.0. The molecule has 0 heterocycles. The molecule has 0 spiro atoms. The fraction of sp³-hybridized carbons (Fsp3) is 0.889. The molecule has 0 aromatic carbocycles. The van der Waals surface area contributed by atoms with Crippen LogP contribution < -0.4 is 0 Å². The number of aliphatic carboxylic acids is 1. The molecule has 3 heteroatoms. The first-order valence-corrected chi connectivity index (χ1v) is 8.67. The summed E-state index contributed by atoms with van der Waals surface area (Å²) in [5.74, 6) is -0.551. The lowest BCUT2D eigenvalue weighted by molar-refractivity contribution is -0.146. The Bertz CT molecular complexity index is 299. The summed E-state index contributed by atoms with van der Waals surface area (Å²) in [5.41, 5.74) is 0. The molecule has 124 valence electrons. The third-order valence-electron chi connectivity index (χ3n) is 4.65. The van der Waals surface area contributed by atoms with Gasteiger partial charge in [-0.15, -0.1) is 0 Å². The lowest BCUT2D eigenvalue weighted by atomic mass is 9.91. The van der Waals surface area contributed by atoms with Crippen molar-refractivity contribution in [2.45, 2.75) is 85.5 Å². The van der Waals surface area contributed by atoms with Crippen molar-refractivity contribution in [3.63, 3.8) is 0 Å². The SMILES string of the molecule is CCC(C)CCCCCC(C(=O)O)C(=O)CCC(C)CC. The predicted molar refractivity (Wildman–Crippen MR) is 87.4 cm³/mol. The molecule has 0 aliphatic carbocycles. The van der Waals surface area contributed by atoms with E-state index in [1.807, 2.05) is 0 Å². The van der Waals surface area contributed by atoms with Gasteiger partial charge in [0.2, 0.25) is 0 Å². The zero-order valence-corrected chi connectivity index (χ0v) is 14.4. The second-order valence-corrected chi connectivity index (χ2v) is 6.56. The van der Waals surface area contributed by atoms with E-state index in [9.17, 15) is 14.7 Å². The van der Waals surface area contributed by atoms with Crippen molar-refractivity contribution < 1.29 is 14.7 Å². The monoisotopic (exact) mass is 298 g/mol. The Hall–Kier alpha value is -0.860. The molecule has 0 fully saturated rings. The number of rotatable bonds is 13. The number of hydrogen-bond donors (Lipinski definition) is 1. The van der Waals surface area contributed by atoms with Crippen molar-refractivity contribution in [1.29, 1.82) is 0 Å². The highest BCUT2D eigenvalue weighted by atomic mass is 16.4. The molecular formula is C18H34O3. The van der Waals surface area contributed by atoms with Gasteiger partial charge in [0.05, 0.1) is 0 Å². The van der Waals surface area contributed by atoms with E-state index in [-0.39, 0.29) is 5.78 Å². The van der Waals surface area contributed by atoms with Gasteiger partial charge in [-0.3, -0.25) is 9.59 Å². The summed E-state index contributed by atoms with van der Waals surface area (Å²) in [5, 5.41) is 9.23. The first kappa shape index (κ1) is 20.1. The molecule has 0 aliphatic heterocycles. The average Bonchev–Trinajstić information content (AvgIpc) is 2.47. The molecule has 21 heavy (non-hydrogen) atoms. The summed E-state index contributed by atoms with van der Waals surface area (Å²) in [6.07, 6.45) is 8.21. The highest BCUT2D eigenvalue weighted by Gasteiger charge is 2.25. The minimum atomic E-state index is -0.939. The van der Waals surface area contributed by atoms with Crippen LogP contribution in [0, 0.1) is 17.8 Å². The first-order valence-electron chi connectivity index (χ1n) is 8.67. The van der Waals surface area contributed by atoms with Gasteiger partial charge in [0.1, 0.15) is 11.7 Å². The Labute approximate surface area is 130 Å². The van der Waals surface area contributed by atoms with E-state index in [2.05, 4.69) is 27.7 Å². The molecule has 0 radical (unpaired) electrons. The average molecular weight is 298 g/mol. The molecule has 0 saturated heterocycles. The number of hydrogen-bond acceptors (Lipinski definition) is 2. The van der Waals surface area contributed by atoms with E-state index >= 15 is 0 Å². The third kappa shape index (κ3) is 9.65. The molecule has 0 rings (SSSR count). The molecule has 1 N–H and O–H groups in total. The Morgan fingerprint density at radius 3 is 1.90 bits per heavy atom. The normalized spacial score (nSPS) is 15.4. The van der Waals surface area contributed by atoms with E-state index in [1.165, 1.54) is 12.8 Å². The number of ketones is 1. The Morgan fingerprint density at radius 2 is 1.38 bits per heavy atom. The number of carbonyl (C=O) groups is 2. The van der Waals surface area contributed by atoms with Crippen LogP contribution in [0.4, 0.5) is 0 Å². The summed E-state index contributed by atoms with van der Waals surface area (Å²) in [4.78, 5) is 23.3. The highest BCUT2D eigenvalue weighted by Crippen LogP contribution is 2.19. The third-order valence-corrected chi connectivity index (χ3v) is 4.65. The lowest BCUT2D eigenvalue weighted by Gasteiger charge is -2.13. The lowest BCUT2D eigenvalue weighted by Crippen LogP contribution is -2.24. The second kappa shape index (κ2) is 11.8. The molecule has 0 saturated carbocycles. The van der Waals surface area contributed by atoms with Crippen molar-refractivity contribution in [1.82, 2.24) is 0 Å². The van der Waals surface area contributed by atoms with Gasteiger partial charge in [0, 0.05) is 6.42 Å². The van der Waals surface area contributed by atoms with Gasteiger partial charge in [0.25, 0.3) is 0 Å². The summed E-state index contributed by atoms with van der Waals surface area (Å²) in [6.45, 7) is 8.65. The van der Waals surface area contributed by atoms with Crippen molar-refractivity contribution in [2.75, 3.05) is 0 Å². The van der Waals surface area contributed by atoms with E-state index in [1.54, 1.807) is 0 Å². The highest BCUT2D eigenvalue weighted by molar-refractivity contribution is 5.98. The maximum Gasteiger partial charge on any atom is 0.314 e. The van der Waals surface area contributed by atoms with Gasteiger partial charge in [-0.25, -0.2) is 0 Å². The topological polar surface area (TPSA) is 54.4 Å². The molecule has 0 aromatic rings. The van der Waals surface area contributed by atoms with E-state index in [0.717, 1.165) is 38.0 Å². The van der Waals surface area contributed by atoms with Gasteiger partial charge in [-0.05, 0) is 24.7 Å². The summed E-state index contributed by atoms with van der Waals surface area (Å²) in [7, 11) is 0. The molecule has 0 aliphatic rings. The fourth-order valence-corrected chi connectivity index (χ4v) is 2.41. The van der Waals surface area contributed by atoms with Gasteiger partial charge in [-0.1, -0.05) is 66.2 Å². The Kier molecular flexibility index (Phi) is 11.3. The van der Waals surface area contributed by atoms with Gasteiger partial charge in [-0.2, -0.15) is 0 Å². The molecule has 0 aromatic heterocycles. The summed E-state index contributed by atoms with van der Waals surface area (Å²) in [6, 6.07) is 0. The number of Topliss-reactive ketones (excluding diaryl/α,β-unsaturated/α-hetero) is 1. The number of unbranched alkanes of at least 4 members (excludes halogenated alkanes) is 2. The fourth-order valence-electron chi connectivity index (χ4n) is 2.41. The van der Waals surface area contributed by atoms with Crippen LogP contribution in [-0.2, 0) is 9.59 Å². The number of carbonyl (C=O) groups excluding carboxylic acids is 1. The Balaban J connectivity index is 4.02. The van der Waals surface area contributed by atoms with E-state index < -0.39 is 11.9 Å². The number of carboxylic acid groups (broad SMARTS) is 1. The van der Waals surface area contributed by atoms with Crippen LogP contribution in [0.15, 0.2) is 0 Å². The first-order chi connectivity index (χ1) is 9.92. The summed E-state index contributed by atoms with van der Waals surface area (Å²) >= 11 is 0. The van der Waals surface area contributed by atoms with Crippen LogP contribution in [0.1, 0.15) is 85.5 Å².